The molecule has 3 heteroatoms. The van der Waals surface area contributed by atoms with Gasteiger partial charge in [-0.25, -0.2) is 0 Å². The maximum Gasteiger partial charge on any atom is 0.234 e. The van der Waals surface area contributed by atoms with Gasteiger partial charge in [0.15, 0.2) is 0 Å². The van der Waals surface area contributed by atoms with Crippen LogP contribution in [-0.4, -0.2) is 29.9 Å². The van der Waals surface area contributed by atoms with Crippen molar-refractivity contribution in [2.45, 2.75) is 25.3 Å². The van der Waals surface area contributed by atoms with Crippen LogP contribution in [0.2, 0.25) is 0 Å². The normalized spacial score (nSPS) is 42.4. The summed E-state index contributed by atoms with van der Waals surface area (Å²) in [4.78, 5) is 13.2. The third-order valence-electron chi connectivity index (χ3n) is 2.88. The molecule has 2 aliphatic heterocycles. The van der Waals surface area contributed by atoms with Crippen molar-refractivity contribution in [3.8, 4) is 0 Å². The SMILES string of the molecule is NC(=O)[C@@H]1C[C@@H]2CCCN1C2. The lowest BCUT2D eigenvalue weighted by atomic mass is 10.00. The van der Waals surface area contributed by atoms with Crippen LogP contribution in [0.15, 0.2) is 0 Å². The maximum atomic E-state index is 10.9. The van der Waals surface area contributed by atoms with Crippen molar-refractivity contribution < 1.29 is 4.79 Å². The second kappa shape index (κ2) is 2.48. The third kappa shape index (κ3) is 1.13. The molecular weight excluding hydrogens is 140 g/mol. The summed E-state index contributed by atoms with van der Waals surface area (Å²) in [6.07, 6.45) is 3.55. The zero-order chi connectivity index (χ0) is 7.84. The van der Waals surface area contributed by atoms with Gasteiger partial charge in [0.05, 0.1) is 6.04 Å². The molecule has 62 valence electrons. The van der Waals surface area contributed by atoms with Crippen molar-refractivity contribution in [3.63, 3.8) is 0 Å². The van der Waals surface area contributed by atoms with Gasteiger partial charge in [-0.15, -0.1) is 0 Å². The van der Waals surface area contributed by atoms with E-state index in [1.54, 1.807) is 0 Å². The Morgan fingerprint density at radius 2 is 2.36 bits per heavy atom. The van der Waals surface area contributed by atoms with E-state index in [1.165, 1.54) is 12.8 Å². The van der Waals surface area contributed by atoms with Gasteiger partial charge in [-0.2, -0.15) is 0 Å². The largest absolute Gasteiger partial charge is 0.368 e. The number of hydrogen-bond acceptors (Lipinski definition) is 2. The molecule has 0 radical (unpaired) electrons. The number of nitrogens with zero attached hydrogens (tertiary/aromatic N) is 1. The Morgan fingerprint density at radius 1 is 1.55 bits per heavy atom. The van der Waals surface area contributed by atoms with Crippen LogP contribution in [0.1, 0.15) is 19.3 Å². The fourth-order valence-electron chi connectivity index (χ4n) is 2.33. The van der Waals surface area contributed by atoms with Crippen LogP contribution in [0.3, 0.4) is 0 Å². The second-order valence-electron chi connectivity index (χ2n) is 3.66. The summed E-state index contributed by atoms with van der Waals surface area (Å²) in [7, 11) is 0. The van der Waals surface area contributed by atoms with E-state index in [4.69, 9.17) is 5.73 Å². The molecule has 2 fully saturated rings. The summed E-state index contributed by atoms with van der Waals surface area (Å²) < 4.78 is 0. The Kier molecular flexibility index (Phi) is 1.60. The first-order chi connectivity index (χ1) is 5.27. The molecule has 2 rings (SSSR count). The molecule has 2 aliphatic rings. The molecule has 0 aromatic carbocycles. The van der Waals surface area contributed by atoms with Crippen LogP contribution in [0.4, 0.5) is 0 Å². The van der Waals surface area contributed by atoms with Crippen LogP contribution in [-0.2, 0) is 4.79 Å². The number of amides is 1. The molecule has 11 heavy (non-hydrogen) atoms. The zero-order valence-corrected chi connectivity index (χ0v) is 6.62. The summed E-state index contributed by atoms with van der Waals surface area (Å²) in [6, 6.07) is 0.0579. The molecule has 0 aliphatic carbocycles. The Hall–Kier alpha value is -0.570. The molecule has 0 spiro atoms. The molecule has 0 saturated carbocycles. The highest BCUT2D eigenvalue weighted by Gasteiger charge is 2.37. The Bertz CT molecular complexity index is 181. The van der Waals surface area contributed by atoms with Crippen molar-refractivity contribution in [3.05, 3.63) is 0 Å². The maximum absolute atomic E-state index is 10.9. The first-order valence-corrected chi connectivity index (χ1v) is 4.31. The first-order valence-electron chi connectivity index (χ1n) is 4.31. The van der Waals surface area contributed by atoms with Crippen LogP contribution in [0, 0.1) is 5.92 Å². The molecule has 3 nitrogen and oxygen atoms in total. The summed E-state index contributed by atoms with van der Waals surface area (Å²) >= 11 is 0. The molecule has 1 amide bonds. The second-order valence-corrected chi connectivity index (χ2v) is 3.66. The number of rotatable bonds is 1. The van der Waals surface area contributed by atoms with Gasteiger partial charge in [0, 0.05) is 6.54 Å². The van der Waals surface area contributed by atoms with E-state index in [1.807, 2.05) is 0 Å². The minimum atomic E-state index is -0.130. The smallest absolute Gasteiger partial charge is 0.234 e. The average molecular weight is 154 g/mol. The minimum Gasteiger partial charge on any atom is -0.368 e. The van der Waals surface area contributed by atoms with E-state index in [0.29, 0.717) is 0 Å². The summed E-state index contributed by atoms with van der Waals surface area (Å²) in [5.41, 5.74) is 5.27. The van der Waals surface area contributed by atoms with Gasteiger partial charge in [0.1, 0.15) is 0 Å². The predicted molar refractivity (Wildman–Crippen MR) is 41.9 cm³/mol. The summed E-state index contributed by atoms with van der Waals surface area (Å²) in [5, 5.41) is 0. The van der Waals surface area contributed by atoms with E-state index in [2.05, 4.69) is 4.90 Å². The van der Waals surface area contributed by atoms with Crippen molar-refractivity contribution >= 4 is 5.91 Å². The van der Waals surface area contributed by atoms with Gasteiger partial charge in [-0.3, -0.25) is 9.69 Å². The van der Waals surface area contributed by atoms with Crippen molar-refractivity contribution in [2.24, 2.45) is 11.7 Å². The van der Waals surface area contributed by atoms with E-state index in [9.17, 15) is 4.79 Å². The van der Waals surface area contributed by atoms with Crippen LogP contribution < -0.4 is 5.73 Å². The number of nitrogens with two attached hydrogens (primary N) is 1. The summed E-state index contributed by atoms with van der Waals surface area (Å²) in [5.74, 6) is 0.621. The number of fused-ring (bicyclic) bond motifs is 2. The van der Waals surface area contributed by atoms with Gasteiger partial charge in [0.25, 0.3) is 0 Å². The lowest BCUT2D eigenvalue weighted by molar-refractivity contribution is -0.122. The van der Waals surface area contributed by atoms with Gasteiger partial charge < -0.3 is 5.73 Å². The van der Waals surface area contributed by atoms with Crippen LogP contribution in [0.25, 0.3) is 0 Å². The van der Waals surface area contributed by atoms with E-state index in [-0.39, 0.29) is 11.9 Å². The average Bonchev–Trinajstić information content (AvgIpc) is 2.27. The quantitative estimate of drug-likeness (QED) is 0.576. The number of carbonyl (C=O) groups is 1. The molecule has 2 N–H and O–H groups in total. The molecule has 1 unspecified atom stereocenters. The lowest BCUT2D eigenvalue weighted by Crippen LogP contribution is -2.41. The van der Waals surface area contributed by atoms with Crippen molar-refractivity contribution in [1.29, 1.82) is 0 Å². The molecule has 3 atom stereocenters. The Morgan fingerprint density at radius 3 is 3.00 bits per heavy atom. The monoisotopic (exact) mass is 154 g/mol. The highest BCUT2D eigenvalue weighted by atomic mass is 16.1. The standard InChI is InChI=1S/C8H14N2O/c9-8(11)7-4-6-2-1-3-10(7)5-6/h6-7H,1-5H2,(H2,9,11)/t6-,7-/m0/s1. The van der Waals surface area contributed by atoms with Gasteiger partial charge in [-0.05, 0) is 31.7 Å². The summed E-state index contributed by atoms with van der Waals surface area (Å²) in [6.45, 7) is 2.18. The minimum absolute atomic E-state index is 0.0579. The third-order valence-corrected chi connectivity index (χ3v) is 2.88. The molecular formula is C8H14N2O. The van der Waals surface area contributed by atoms with Crippen LogP contribution in [0.5, 0.6) is 0 Å². The van der Waals surface area contributed by atoms with Crippen molar-refractivity contribution in [1.82, 2.24) is 4.90 Å². The van der Waals surface area contributed by atoms with E-state index >= 15 is 0 Å². The zero-order valence-electron chi connectivity index (χ0n) is 6.62. The topological polar surface area (TPSA) is 46.3 Å². The molecule has 2 heterocycles. The van der Waals surface area contributed by atoms with Crippen LogP contribution >= 0.6 is 0 Å². The van der Waals surface area contributed by atoms with Crippen molar-refractivity contribution in [2.75, 3.05) is 13.1 Å². The molecule has 0 aromatic heterocycles. The first kappa shape index (κ1) is 7.10. The number of piperidine rings is 1. The lowest BCUT2D eigenvalue weighted by Gasteiger charge is -2.24. The van der Waals surface area contributed by atoms with E-state index < -0.39 is 0 Å². The molecule has 0 aromatic rings. The number of carbonyl (C=O) groups excluding carboxylic acids is 1. The highest BCUT2D eigenvalue weighted by Crippen LogP contribution is 2.31. The van der Waals surface area contributed by atoms with Gasteiger partial charge >= 0.3 is 0 Å². The highest BCUT2D eigenvalue weighted by molar-refractivity contribution is 5.80. The molecule has 2 saturated heterocycles. The number of hydrogen-bond donors (Lipinski definition) is 1. The number of primary amides is 1. The van der Waals surface area contributed by atoms with E-state index in [0.717, 1.165) is 25.4 Å². The predicted octanol–water partition coefficient (Wildman–Crippen LogP) is -0.0440. The fourth-order valence-corrected chi connectivity index (χ4v) is 2.33. The molecule has 2 bridgehead atoms. The van der Waals surface area contributed by atoms with Gasteiger partial charge in [0.2, 0.25) is 5.91 Å². The Balaban J connectivity index is 2.08. The van der Waals surface area contributed by atoms with Gasteiger partial charge in [-0.1, -0.05) is 0 Å². The Labute approximate surface area is 66.5 Å². The fraction of sp³-hybridized carbons (Fsp3) is 0.875.